The van der Waals surface area contributed by atoms with Gasteiger partial charge in [0.15, 0.2) is 0 Å². The lowest BCUT2D eigenvalue weighted by Gasteiger charge is -2.29. The largest absolute Gasteiger partial charge is 0.469 e. The Morgan fingerprint density at radius 3 is 2.93 bits per heavy atom. The van der Waals surface area contributed by atoms with E-state index < -0.39 is 0 Å². The smallest absolute Gasteiger partial charge is 0.305 e. The molecule has 4 heteroatoms. The Kier molecular flexibility index (Phi) is 4.54. The maximum Gasteiger partial charge on any atom is 0.305 e. The molecule has 4 nitrogen and oxygen atoms in total. The highest BCUT2D eigenvalue weighted by molar-refractivity contribution is 5.69. The van der Waals surface area contributed by atoms with Crippen molar-refractivity contribution in [1.82, 2.24) is 5.32 Å². The molecule has 88 valence electrons. The Morgan fingerprint density at radius 2 is 2.40 bits per heavy atom. The van der Waals surface area contributed by atoms with Crippen molar-refractivity contribution in [3.05, 3.63) is 0 Å². The summed E-state index contributed by atoms with van der Waals surface area (Å²) in [6, 6.07) is 0. The SMILES string of the molecule is COC(=O)CCCNC1(C)CCOC1C. The predicted molar refractivity (Wildman–Crippen MR) is 57.7 cm³/mol. The van der Waals surface area contributed by atoms with Gasteiger partial charge < -0.3 is 14.8 Å². The molecule has 0 amide bonds. The number of rotatable bonds is 5. The molecule has 2 atom stereocenters. The van der Waals surface area contributed by atoms with E-state index >= 15 is 0 Å². The molecule has 1 rings (SSSR count). The minimum Gasteiger partial charge on any atom is -0.469 e. The Bertz CT molecular complexity index is 220. The average Bonchev–Trinajstić information content (AvgIpc) is 2.54. The molecular formula is C11H21NO3. The van der Waals surface area contributed by atoms with E-state index in [1.807, 2.05) is 0 Å². The second kappa shape index (κ2) is 5.47. The van der Waals surface area contributed by atoms with Gasteiger partial charge in [-0.2, -0.15) is 0 Å². The van der Waals surface area contributed by atoms with Gasteiger partial charge in [0.2, 0.25) is 0 Å². The van der Waals surface area contributed by atoms with E-state index in [-0.39, 0.29) is 17.6 Å². The molecule has 15 heavy (non-hydrogen) atoms. The summed E-state index contributed by atoms with van der Waals surface area (Å²) in [5.41, 5.74) is 0.0656. The Labute approximate surface area is 91.3 Å². The third-order valence-corrected chi connectivity index (χ3v) is 3.20. The molecular weight excluding hydrogens is 194 g/mol. The van der Waals surface area contributed by atoms with Crippen molar-refractivity contribution in [2.45, 2.75) is 44.8 Å². The first kappa shape index (κ1) is 12.5. The fourth-order valence-electron chi connectivity index (χ4n) is 1.78. The van der Waals surface area contributed by atoms with Gasteiger partial charge in [0.1, 0.15) is 0 Å². The van der Waals surface area contributed by atoms with Crippen LogP contribution in [0.15, 0.2) is 0 Å². The molecule has 1 aliphatic rings. The van der Waals surface area contributed by atoms with E-state index in [1.54, 1.807) is 0 Å². The molecule has 1 fully saturated rings. The number of carbonyl (C=O) groups is 1. The molecule has 1 heterocycles. The molecule has 0 bridgehead atoms. The van der Waals surface area contributed by atoms with E-state index in [0.717, 1.165) is 26.0 Å². The van der Waals surface area contributed by atoms with Gasteiger partial charge in [-0.25, -0.2) is 0 Å². The number of methoxy groups -OCH3 is 1. The first-order valence-electron chi connectivity index (χ1n) is 5.52. The lowest BCUT2D eigenvalue weighted by molar-refractivity contribution is -0.140. The van der Waals surface area contributed by atoms with Crippen molar-refractivity contribution in [2.75, 3.05) is 20.3 Å². The fraction of sp³-hybridized carbons (Fsp3) is 0.909. The fourth-order valence-corrected chi connectivity index (χ4v) is 1.78. The molecule has 1 N–H and O–H groups in total. The maximum absolute atomic E-state index is 10.9. The van der Waals surface area contributed by atoms with Crippen molar-refractivity contribution < 1.29 is 14.3 Å². The summed E-state index contributed by atoms with van der Waals surface area (Å²) in [6.07, 6.45) is 2.58. The molecule has 1 aliphatic heterocycles. The van der Waals surface area contributed by atoms with Crippen LogP contribution >= 0.6 is 0 Å². The summed E-state index contributed by atoms with van der Waals surface area (Å²) in [5, 5.41) is 3.45. The van der Waals surface area contributed by atoms with Gasteiger partial charge in [-0.3, -0.25) is 4.79 Å². The van der Waals surface area contributed by atoms with Gasteiger partial charge >= 0.3 is 5.97 Å². The summed E-state index contributed by atoms with van der Waals surface area (Å²) in [7, 11) is 1.42. The van der Waals surface area contributed by atoms with E-state index in [1.165, 1.54) is 7.11 Å². The van der Waals surface area contributed by atoms with E-state index in [0.29, 0.717) is 6.42 Å². The molecule has 0 aromatic rings. The van der Waals surface area contributed by atoms with Crippen LogP contribution in [0.2, 0.25) is 0 Å². The number of carbonyl (C=O) groups excluding carboxylic acids is 1. The number of hydrogen-bond donors (Lipinski definition) is 1. The highest BCUT2D eigenvalue weighted by Gasteiger charge is 2.35. The second-order valence-corrected chi connectivity index (χ2v) is 4.29. The van der Waals surface area contributed by atoms with Crippen molar-refractivity contribution in [3.63, 3.8) is 0 Å². The number of hydrogen-bond acceptors (Lipinski definition) is 4. The van der Waals surface area contributed by atoms with Crippen molar-refractivity contribution >= 4 is 5.97 Å². The summed E-state index contributed by atoms with van der Waals surface area (Å²) < 4.78 is 10.1. The van der Waals surface area contributed by atoms with Gasteiger partial charge in [-0.05, 0) is 33.2 Å². The lowest BCUT2D eigenvalue weighted by Crippen LogP contribution is -2.48. The van der Waals surface area contributed by atoms with Crippen LogP contribution in [-0.4, -0.2) is 37.9 Å². The van der Waals surface area contributed by atoms with Crippen LogP contribution < -0.4 is 5.32 Å². The number of nitrogens with one attached hydrogen (secondary N) is 1. The molecule has 0 radical (unpaired) electrons. The molecule has 0 spiro atoms. The van der Waals surface area contributed by atoms with Crippen LogP contribution in [0.4, 0.5) is 0 Å². The van der Waals surface area contributed by atoms with E-state index in [4.69, 9.17) is 4.74 Å². The average molecular weight is 215 g/mol. The molecule has 0 saturated carbocycles. The Morgan fingerprint density at radius 1 is 1.67 bits per heavy atom. The third-order valence-electron chi connectivity index (χ3n) is 3.20. The van der Waals surface area contributed by atoms with Crippen molar-refractivity contribution in [2.24, 2.45) is 0 Å². The van der Waals surface area contributed by atoms with Crippen molar-refractivity contribution in [1.29, 1.82) is 0 Å². The monoisotopic (exact) mass is 215 g/mol. The minimum absolute atomic E-state index is 0.0656. The Hall–Kier alpha value is -0.610. The van der Waals surface area contributed by atoms with Gasteiger partial charge in [-0.15, -0.1) is 0 Å². The predicted octanol–water partition coefficient (Wildman–Crippen LogP) is 1.10. The molecule has 0 aromatic heterocycles. The third kappa shape index (κ3) is 3.47. The molecule has 0 aromatic carbocycles. The minimum atomic E-state index is -0.141. The highest BCUT2D eigenvalue weighted by atomic mass is 16.5. The van der Waals surface area contributed by atoms with Gasteiger partial charge in [0, 0.05) is 18.6 Å². The number of ether oxygens (including phenoxy) is 2. The molecule has 2 unspecified atom stereocenters. The summed E-state index contributed by atoms with van der Waals surface area (Å²) in [4.78, 5) is 10.9. The summed E-state index contributed by atoms with van der Waals surface area (Å²) >= 11 is 0. The molecule has 0 aliphatic carbocycles. The summed E-state index contributed by atoms with van der Waals surface area (Å²) in [6.45, 7) is 5.91. The second-order valence-electron chi connectivity index (χ2n) is 4.29. The number of esters is 1. The van der Waals surface area contributed by atoms with Crippen molar-refractivity contribution in [3.8, 4) is 0 Å². The standard InChI is InChI=1S/C11H21NO3/c1-9-11(2,6-8-15-9)12-7-4-5-10(13)14-3/h9,12H,4-8H2,1-3H3. The first-order valence-corrected chi connectivity index (χ1v) is 5.52. The van der Waals surface area contributed by atoms with Gasteiger partial charge in [0.25, 0.3) is 0 Å². The normalized spacial score (nSPS) is 30.5. The molecule has 1 saturated heterocycles. The zero-order chi connectivity index (χ0) is 11.3. The zero-order valence-electron chi connectivity index (χ0n) is 9.84. The van der Waals surface area contributed by atoms with Gasteiger partial charge in [-0.1, -0.05) is 0 Å². The van der Waals surface area contributed by atoms with Crippen LogP contribution in [0, 0.1) is 0 Å². The lowest BCUT2D eigenvalue weighted by atomic mass is 9.94. The first-order chi connectivity index (χ1) is 7.08. The zero-order valence-corrected chi connectivity index (χ0v) is 9.84. The topological polar surface area (TPSA) is 47.6 Å². The quantitative estimate of drug-likeness (QED) is 0.551. The van der Waals surface area contributed by atoms with Gasteiger partial charge in [0.05, 0.1) is 13.2 Å². The van der Waals surface area contributed by atoms with Crippen LogP contribution in [-0.2, 0) is 14.3 Å². The summed E-state index contributed by atoms with van der Waals surface area (Å²) in [5.74, 6) is -0.141. The highest BCUT2D eigenvalue weighted by Crippen LogP contribution is 2.24. The maximum atomic E-state index is 10.9. The Balaban J connectivity index is 2.17. The van der Waals surface area contributed by atoms with Crippen LogP contribution in [0.25, 0.3) is 0 Å². The van der Waals surface area contributed by atoms with E-state index in [2.05, 4.69) is 23.9 Å². The van der Waals surface area contributed by atoms with Crippen LogP contribution in [0.3, 0.4) is 0 Å². The van der Waals surface area contributed by atoms with Crippen LogP contribution in [0.1, 0.15) is 33.1 Å². The van der Waals surface area contributed by atoms with E-state index in [9.17, 15) is 4.79 Å². The van der Waals surface area contributed by atoms with Crippen LogP contribution in [0.5, 0.6) is 0 Å².